The van der Waals surface area contributed by atoms with E-state index in [2.05, 4.69) is 10.2 Å². The third-order valence-corrected chi connectivity index (χ3v) is 5.49. The summed E-state index contributed by atoms with van der Waals surface area (Å²) < 4.78 is 0. The van der Waals surface area contributed by atoms with Crippen LogP contribution >= 0.6 is 0 Å². The number of Topliss-reactive ketones (excluding diaryl/α,β-unsaturated/α-hetero) is 1. The highest BCUT2D eigenvalue weighted by Gasteiger charge is 2.26. The second kappa shape index (κ2) is 8.48. The highest BCUT2D eigenvalue weighted by Crippen LogP contribution is 2.23. The number of hydrogen-bond acceptors (Lipinski definition) is 3. The van der Waals surface area contributed by atoms with E-state index in [-0.39, 0.29) is 11.8 Å². The predicted octanol–water partition coefficient (Wildman–Crippen LogP) is 3.76. The Kier molecular flexibility index (Phi) is 6.08. The van der Waals surface area contributed by atoms with Gasteiger partial charge in [-0.3, -0.25) is 9.69 Å². The van der Waals surface area contributed by atoms with Crippen molar-refractivity contribution in [3.63, 3.8) is 0 Å². The van der Waals surface area contributed by atoms with E-state index in [0.717, 1.165) is 31.9 Å². The van der Waals surface area contributed by atoms with Crippen LogP contribution in [0.25, 0.3) is 0 Å². The third-order valence-electron chi connectivity index (χ3n) is 5.49. The monoisotopic (exact) mass is 343 g/mol. The summed E-state index contributed by atoms with van der Waals surface area (Å²) in [5, 5.41) is 2.94. The van der Waals surface area contributed by atoms with E-state index in [1.807, 2.05) is 4.90 Å². The Hall–Kier alpha value is -1.88. The molecule has 2 fully saturated rings. The van der Waals surface area contributed by atoms with Crippen molar-refractivity contribution in [2.75, 3.05) is 31.5 Å². The number of carbonyl (C=O) groups is 2. The Morgan fingerprint density at radius 1 is 0.920 bits per heavy atom. The van der Waals surface area contributed by atoms with Gasteiger partial charge in [0, 0.05) is 43.5 Å². The maximum Gasteiger partial charge on any atom is 0.321 e. The number of amides is 2. The average Bonchev–Trinajstić information content (AvgIpc) is 2.92. The van der Waals surface area contributed by atoms with Gasteiger partial charge in [-0.1, -0.05) is 25.7 Å². The van der Waals surface area contributed by atoms with Gasteiger partial charge in [0.1, 0.15) is 0 Å². The molecule has 0 unspecified atom stereocenters. The number of carbonyl (C=O) groups excluding carboxylic acids is 2. The molecule has 1 N–H and O–H groups in total. The number of anilines is 1. The Morgan fingerprint density at radius 3 is 2.08 bits per heavy atom. The minimum atomic E-state index is -0.0453. The molecule has 1 saturated heterocycles. The first-order valence-corrected chi connectivity index (χ1v) is 9.54. The molecule has 0 atom stereocenters. The lowest BCUT2D eigenvalue weighted by atomic mass is 10.1. The van der Waals surface area contributed by atoms with Gasteiger partial charge in [0.15, 0.2) is 5.78 Å². The molecular formula is C20H29N3O2. The Bertz CT molecular complexity index is 583. The van der Waals surface area contributed by atoms with E-state index in [1.165, 1.54) is 38.5 Å². The summed E-state index contributed by atoms with van der Waals surface area (Å²) in [6, 6.07) is 7.75. The number of benzene rings is 1. The fraction of sp³-hybridized carbons (Fsp3) is 0.600. The number of ketones is 1. The van der Waals surface area contributed by atoms with Gasteiger partial charge >= 0.3 is 6.03 Å². The molecule has 2 aliphatic rings. The van der Waals surface area contributed by atoms with Crippen molar-refractivity contribution in [2.45, 2.75) is 51.5 Å². The molecule has 5 nitrogen and oxygen atoms in total. The molecule has 1 aliphatic heterocycles. The average molecular weight is 343 g/mol. The third kappa shape index (κ3) is 4.82. The van der Waals surface area contributed by atoms with Gasteiger partial charge in [-0.15, -0.1) is 0 Å². The van der Waals surface area contributed by atoms with Crippen LogP contribution < -0.4 is 5.32 Å². The zero-order valence-corrected chi connectivity index (χ0v) is 15.2. The smallest absolute Gasteiger partial charge is 0.321 e. The molecule has 1 heterocycles. The largest absolute Gasteiger partial charge is 0.322 e. The molecule has 1 aliphatic carbocycles. The molecule has 1 saturated carbocycles. The van der Waals surface area contributed by atoms with Crippen LogP contribution in [-0.2, 0) is 0 Å². The van der Waals surface area contributed by atoms with Crippen LogP contribution in [-0.4, -0.2) is 53.8 Å². The molecule has 1 aromatic carbocycles. The van der Waals surface area contributed by atoms with Crippen LogP contribution in [0.1, 0.15) is 55.8 Å². The number of urea groups is 1. The van der Waals surface area contributed by atoms with E-state index >= 15 is 0 Å². The number of rotatable bonds is 3. The summed E-state index contributed by atoms with van der Waals surface area (Å²) in [6.45, 7) is 5.06. The van der Waals surface area contributed by atoms with Crippen molar-refractivity contribution in [3.05, 3.63) is 29.8 Å². The lowest BCUT2D eigenvalue weighted by Crippen LogP contribution is -2.52. The molecule has 0 spiro atoms. The molecule has 0 aromatic heterocycles. The zero-order chi connectivity index (χ0) is 17.6. The Morgan fingerprint density at radius 2 is 1.52 bits per heavy atom. The van der Waals surface area contributed by atoms with Crippen LogP contribution in [0.5, 0.6) is 0 Å². The summed E-state index contributed by atoms with van der Waals surface area (Å²) in [6.07, 6.45) is 8.08. The maximum atomic E-state index is 12.5. The standard InChI is InChI=1S/C20H29N3O2/c1-16(24)17-8-10-18(11-9-17)21-20(25)23-14-12-22(13-15-23)19-6-4-2-3-5-7-19/h8-11,19H,2-7,12-15H2,1H3,(H,21,25). The second-order valence-corrected chi connectivity index (χ2v) is 7.23. The Labute approximate surface area is 150 Å². The van der Waals surface area contributed by atoms with Crippen LogP contribution in [0, 0.1) is 0 Å². The topological polar surface area (TPSA) is 52.7 Å². The van der Waals surface area contributed by atoms with E-state index in [1.54, 1.807) is 31.2 Å². The van der Waals surface area contributed by atoms with Crippen molar-refractivity contribution in [1.29, 1.82) is 0 Å². The van der Waals surface area contributed by atoms with Gasteiger partial charge in [-0.25, -0.2) is 4.79 Å². The summed E-state index contributed by atoms with van der Waals surface area (Å²) in [5.41, 5.74) is 1.40. The molecule has 2 amide bonds. The fourth-order valence-corrected chi connectivity index (χ4v) is 3.90. The van der Waals surface area contributed by atoms with Crippen molar-refractivity contribution in [1.82, 2.24) is 9.80 Å². The fourth-order valence-electron chi connectivity index (χ4n) is 3.90. The van der Waals surface area contributed by atoms with Crippen LogP contribution in [0.2, 0.25) is 0 Å². The van der Waals surface area contributed by atoms with Crippen molar-refractivity contribution in [2.24, 2.45) is 0 Å². The summed E-state index contributed by atoms with van der Waals surface area (Å²) in [4.78, 5) is 28.2. The van der Waals surface area contributed by atoms with Crippen LogP contribution in [0.4, 0.5) is 10.5 Å². The van der Waals surface area contributed by atoms with E-state index < -0.39 is 0 Å². The van der Waals surface area contributed by atoms with Gasteiger partial charge in [-0.2, -0.15) is 0 Å². The van der Waals surface area contributed by atoms with E-state index in [0.29, 0.717) is 11.6 Å². The molecule has 136 valence electrons. The highest BCUT2D eigenvalue weighted by atomic mass is 16.2. The van der Waals surface area contributed by atoms with Crippen LogP contribution in [0.3, 0.4) is 0 Å². The SMILES string of the molecule is CC(=O)c1ccc(NC(=O)N2CCN(C3CCCCCC3)CC2)cc1. The first-order chi connectivity index (χ1) is 12.1. The van der Waals surface area contributed by atoms with Crippen molar-refractivity contribution < 1.29 is 9.59 Å². The zero-order valence-electron chi connectivity index (χ0n) is 15.2. The van der Waals surface area contributed by atoms with Crippen LogP contribution in [0.15, 0.2) is 24.3 Å². The molecule has 3 rings (SSSR count). The van der Waals surface area contributed by atoms with E-state index in [9.17, 15) is 9.59 Å². The number of hydrogen-bond donors (Lipinski definition) is 1. The van der Waals surface area contributed by atoms with Gasteiger partial charge in [0.05, 0.1) is 0 Å². The van der Waals surface area contributed by atoms with Gasteiger partial charge in [0.25, 0.3) is 0 Å². The first-order valence-electron chi connectivity index (χ1n) is 9.54. The van der Waals surface area contributed by atoms with Crippen molar-refractivity contribution in [3.8, 4) is 0 Å². The summed E-state index contributed by atoms with van der Waals surface area (Å²) >= 11 is 0. The molecule has 1 aromatic rings. The first kappa shape index (κ1) is 17.9. The lowest BCUT2D eigenvalue weighted by Gasteiger charge is -2.39. The molecule has 25 heavy (non-hydrogen) atoms. The number of piperazine rings is 1. The van der Waals surface area contributed by atoms with Gasteiger partial charge in [0.2, 0.25) is 0 Å². The number of nitrogens with zero attached hydrogens (tertiary/aromatic N) is 2. The molecule has 0 bridgehead atoms. The highest BCUT2D eigenvalue weighted by molar-refractivity contribution is 5.95. The predicted molar refractivity (Wildman–Crippen MR) is 100 cm³/mol. The summed E-state index contributed by atoms with van der Waals surface area (Å²) in [5.74, 6) is 0.0347. The Balaban J connectivity index is 1.48. The second-order valence-electron chi connectivity index (χ2n) is 7.23. The lowest BCUT2D eigenvalue weighted by molar-refractivity contribution is 0.101. The minimum Gasteiger partial charge on any atom is -0.322 e. The van der Waals surface area contributed by atoms with E-state index in [4.69, 9.17) is 0 Å². The van der Waals surface area contributed by atoms with Gasteiger partial charge < -0.3 is 10.2 Å². The maximum absolute atomic E-state index is 12.5. The number of nitrogens with one attached hydrogen (secondary N) is 1. The molecule has 5 heteroatoms. The summed E-state index contributed by atoms with van der Waals surface area (Å²) in [7, 11) is 0. The quantitative estimate of drug-likeness (QED) is 0.671. The van der Waals surface area contributed by atoms with Gasteiger partial charge in [-0.05, 0) is 44.0 Å². The molecule has 0 radical (unpaired) electrons. The molecular weight excluding hydrogens is 314 g/mol. The normalized spacial score (nSPS) is 20.1. The minimum absolute atomic E-state index is 0.0347. The van der Waals surface area contributed by atoms with Crippen molar-refractivity contribution >= 4 is 17.5 Å².